The molecule has 0 amide bonds. The number of para-hydroxylation sites is 1. The minimum absolute atomic E-state index is 0.0652. The van der Waals surface area contributed by atoms with E-state index in [1.165, 1.54) is 0 Å². The maximum absolute atomic E-state index is 9.47. The average Bonchev–Trinajstić information content (AvgIpc) is 2.81. The number of hydrogen-bond donors (Lipinski definition) is 1. The molecule has 0 aliphatic carbocycles. The maximum Gasteiger partial charge on any atom is 0.142 e. The largest absolute Gasteiger partial charge is 0.487 e. The van der Waals surface area contributed by atoms with E-state index < -0.39 is 0 Å². The van der Waals surface area contributed by atoms with E-state index in [0.29, 0.717) is 12.3 Å². The standard InChI is InChI=1S/C16H21NO3/c1-4-6-15-13(9-18)14(17-20-15)10-19-16-11(2)7-5-8-12(16)3/h5,7-8,18H,4,6,9-10H2,1-3H3. The van der Waals surface area contributed by atoms with Crippen LogP contribution < -0.4 is 4.74 Å². The smallest absolute Gasteiger partial charge is 0.142 e. The van der Waals surface area contributed by atoms with Gasteiger partial charge in [-0.2, -0.15) is 0 Å². The van der Waals surface area contributed by atoms with E-state index in [4.69, 9.17) is 9.26 Å². The van der Waals surface area contributed by atoms with Gasteiger partial charge in [-0.25, -0.2) is 0 Å². The van der Waals surface area contributed by atoms with Crippen LogP contribution in [0, 0.1) is 13.8 Å². The highest BCUT2D eigenvalue weighted by molar-refractivity contribution is 5.39. The number of aliphatic hydroxyl groups is 1. The van der Waals surface area contributed by atoms with E-state index in [-0.39, 0.29) is 6.61 Å². The molecule has 108 valence electrons. The summed E-state index contributed by atoms with van der Waals surface area (Å²) >= 11 is 0. The second-order valence-corrected chi connectivity index (χ2v) is 4.95. The van der Waals surface area contributed by atoms with Crippen LogP contribution in [-0.2, 0) is 19.6 Å². The predicted octanol–water partition coefficient (Wildman–Crippen LogP) is 3.32. The summed E-state index contributed by atoms with van der Waals surface area (Å²) in [4.78, 5) is 0. The Labute approximate surface area is 119 Å². The molecule has 0 saturated carbocycles. The number of benzene rings is 1. The number of hydrogen-bond acceptors (Lipinski definition) is 4. The van der Waals surface area contributed by atoms with E-state index in [1.54, 1.807) is 0 Å². The van der Waals surface area contributed by atoms with Crippen molar-refractivity contribution >= 4 is 0 Å². The summed E-state index contributed by atoms with van der Waals surface area (Å²) in [5, 5.41) is 13.5. The molecule has 1 heterocycles. The molecule has 1 N–H and O–H groups in total. The molecule has 1 aromatic carbocycles. The van der Waals surface area contributed by atoms with E-state index in [1.807, 2.05) is 32.0 Å². The van der Waals surface area contributed by atoms with E-state index in [0.717, 1.165) is 41.0 Å². The van der Waals surface area contributed by atoms with Crippen LogP contribution in [0.5, 0.6) is 5.75 Å². The monoisotopic (exact) mass is 275 g/mol. The highest BCUT2D eigenvalue weighted by atomic mass is 16.5. The van der Waals surface area contributed by atoms with Crippen LogP contribution in [0.3, 0.4) is 0 Å². The van der Waals surface area contributed by atoms with Gasteiger partial charge in [0.2, 0.25) is 0 Å². The third kappa shape index (κ3) is 3.02. The fourth-order valence-electron chi connectivity index (χ4n) is 2.27. The third-order valence-electron chi connectivity index (χ3n) is 3.35. The Kier molecular flexibility index (Phi) is 4.79. The first-order valence-corrected chi connectivity index (χ1v) is 6.93. The van der Waals surface area contributed by atoms with E-state index in [2.05, 4.69) is 12.1 Å². The normalized spacial score (nSPS) is 10.8. The van der Waals surface area contributed by atoms with Crippen LogP contribution in [0.1, 0.15) is 41.5 Å². The van der Waals surface area contributed by atoms with Crippen LogP contribution >= 0.6 is 0 Å². The van der Waals surface area contributed by atoms with Gasteiger partial charge in [-0.1, -0.05) is 30.3 Å². The number of aryl methyl sites for hydroxylation is 3. The van der Waals surface area contributed by atoms with Crippen LogP contribution in [0.15, 0.2) is 22.7 Å². The first-order valence-electron chi connectivity index (χ1n) is 6.93. The summed E-state index contributed by atoms with van der Waals surface area (Å²) in [6.45, 7) is 6.34. The van der Waals surface area contributed by atoms with Crippen molar-refractivity contribution in [1.82, 2.24) is 5.16 Å². The number of nitrogens with zero attached hydrogens (tertiary/aromatic N) is 1. The molecule has 0 radical (unpaired) electrons. The topological polar surface area (TPSA) is 55.5 Å². The summed E-state index contributed by atoms with van der Waals surface area (Å²) in [6, 6.07) is 6.04. The van der Waals surface area contributed by atoms with Crippen molar-refractivity contribution in [3.8, 4) is 5.75 Å². The minimum atomic E-state index is -0.0652. The van der Waals surface area contributed by atoms with Gasteiger partial charge in [-0.05, 0) is 31.4 Å². The van der Waals surface area contributed by atoms with Crippen LogP contribution in [0.2, 0.25) is 0 Å². The molecule has 0 fully saturated rings. The molecular weight excluding hydrogens is 254 g/mol. The Bertz CT molecular complexity index is 555. The van der Waals surface area contributed by atoms with Gasteiger partial charge in [0.1, 0.15) is 23.8 Å². The summed E-state index contributed by atoms with van der Waals surface area (Å²) in [6.07, 6.45) is 1.74. The van der Waals surface area contributed by atoms with Crippen molar-refractivity contribution in [3.63, 3.8) is 0 Å². The second kappa shape index (κ2) is 6.57. The molecule has 0 aliphatic heterocycles. The SMILES string of the molecule is CCCc1onc(COc2c(C)cccc2C)c1CO. The lowest BCUT2D eigenvalue weighted by Gasteiger charge is -2.11. The van der Waals surface area contributed by atoms with Crippen LogP contribution in [0.4, 0.5) is 0 Å². The summed E-state index contributed by atoms with van der Waals surface area (Å²) in [7, 11) is 0. The molecule has 0 atom stereocenters. The zero-order chi connectivity index (χ0) is 14.5. The number of rotatable bonds is 6. The lowest BCUT2D eigenvalue weighted by atomic mass is 10.1. The van der Waals surface area contributed by atoms with Gasteiger partial charge >= 0.3 is 0 Å². The number of aliphatic hydroxyl groups excluding tert-OH is 1. The van der Waals surface area contributed by atoms with Crippen molar-refractivity contribution in [2.75, 3.05) is 0 Å². The Morgan fingerprint density at radius 1 is 1.25 bits per heavy atom. The summed E-state index contributed by atoms with van der Waals surface area (Å²) in [5.74, 6) is 1.63. The molecule has 2 rings (SSSR count). The van der Waals surface area contributed by atoms with Gasteiger partial charge < -0.3 is 14.4 Å². The fraction of sp³-hybridized carbons (Fsp3) is 0.438. The van der Waals surface area contributed by atoms with Crippen molar-refractivity contribution in [1.29, 1.82) is 0 Å². The fourth-order valence-corrected chi connectivity index (χ4v) is 2.27. The Balaban J connectivity index is 2.15. The molecule has 1 aromatic heterocycles. The highest BCUT2D eigenvalue weighted by Gasteiger charge is 2.15. The molecule has 20 heavy (non-hydrogen) atoms. The van der Waals surface area contributed by atoms with E-state index in [9.17, 15) is 5.11 Å². The predicted molar refractivity (Wildman–Crippen MR) is 76.7 cm³/mol. The molecule has 2 aromatic rings. The lowest BCUT2D eigenvalue weighted by molar-refractivity contribution is 0.266. The Morgan fingerprint density at radius 2 is 1.95 bits per heavy atom. The third-order valence-corrected chi connectivity index (χ3v) is 3.35. The number of aromatic nitrogens is 1. The molecule has 0 bridgehead atoms. The molecule has 0 aliphatic rings. The second-order valence-electron chi connectivity index (χ2n) is 4.95. The van der Waals surface area contributed by atoms with Gasteiger partial charge in [-0.15, -0.1) is 0 Å². The minimum Gasteiger partial charge on any atom is -0.487 e. The lowest BCUT2D eigenvalue weighted by Crippen LogP contribution is -2.02. The average molecular weight is 275 g/mol. The van der Waals surface area contributed by atoms with Crippen molar-refractivity contribution in [2.45, 2.75) is 46.8 Å². The molecular formula is C16H21NO3. The van der Waals surface area contributed by atoms with Crippen molar-refractivity contribution in [2.24, 2.45) is 0 Å². The molecule has 4 nitrogen and oxygen atoms in total. The van der Waals surface area contributed by atoms with Crippen molar-refractivity contribution in [3.05, 3.63) is 46.3 Å². The zero-order valence-electron chi connectivity index (χ0n) is 12.3. The molecule has 0 spiro atoms. The van der Waals surface area contributed by atoms with Crippen LogP contribution in [-0.4, -0.2) is 10.3 Å². The van der Waals surface area contributed by atoms with Gasteiger partial charge in [0.25, 0.3) is 0 Å². The quantitative estimate of drug-likeness (QED) is 0.878. The zero-order valence-corrected chi connectivity index (χ0v) is 12.3. The summed E-state index contributed by atoms with van der Waals surface area (Å²) in [5.41, 5.74) is 3.62. The Morgan fingerprint density at radius 3 is 2.55 bits per heavy atom. The van der Waals surface area contributed by atoms with Crippen LogP contribution in [0.25, 0.3) is 0 Å². The molecule has 4 heteroatoms. The number of ether oxygens (including phenoxy) is 1. The Hall–Kier alpha value is -1.81. The first kappa shape index (κ1) is 14.6. The molecule has 0 saturated heterocycles. The summed E-state index contributed by atoms with van der Waals surface area (Å²) < 4.78 is 11.1. The van der Waals surface area contributed by atoms with Crippen molar-refractivity contribution < 1.29 is 14.4 Å². The van der Waals surface area contributed by atoms with E-state index >= 15 is 0 Å². The van der Waals surface area contributed by atoms with Gasteiger partial charge in [0, 0.05) is 12.0 Å². The highest BCUT2D eigenvalue weighted by Crippen LogP contribution is 2.24. The van der Waals surface area contributed by atoms with Gasteiger partial charge in [0.15, 0.2) is 0 Å². The first-order chi connectivity index (χ1) is 9.67. The molecule has 0 unspecified atom stereocenters. The van der Waals surface area contributed by atoms with Gasteiger partial charge in [0.05, 0.1) is 6.61 Å². The van der Waals surface area contributed by atoms with Gasteiger partial charge in [-0.3, -0.25) is 0 Å². The maximum atomic E-state index is 9.47.